The molecule has 24 heavy (non-hydrogen) atoms. The van der Waals surface area contributed by atoms with E-state index in [-0.39, 0.29) is 23.3 Å². The van der Waals surface area contributed by atoms with Crippen molar-refractivity contribution in [3.63, 3.8) is 0 Å². The summed E-state index contributed by atoms with van der Waals surface area (Å²) in [6.45, 7) is 6.01. The van der Waals surface area contributed by atoms with Crippen molar-refractivity contribution in [3.8, 4) is 11.5 Å². The summed E-state index contributed by atoms with van der Waals surface area (Å²) >= 11 is 0. The van der Waals surface area contributed by atoms with Gasteiger partial charge in [0.2, 0.25) is 0 Å². The van der Waals surface area contributed by atoms with Crippen LogP contribution in [0.15, 0.2) is 12.1 Å². The summed E-state index contributed by atoms with van der Waals surface area (Å²) in [4.78, 5) is 0. The van der Waals surface area contributed by atoms with Crippen LogP contribution in [-0.4, -0.2) is 16.4 Å². The van der Waals surface area contributed by atoms with Crippen molar-refractivity contribution in [2.24, 2.45) is 0 Å². The third-order valence-electron chi connectivity index (χ3n) is 4.53. The van der Waals surface area contributed by atoms with Crippen molar-refractivity contribution in [2.75, 3.05) is 0 Å². The second-order valence-electron chi connectivity index (χ2n) is 7.16. The average Bonchev–Trinajstić information content (AvgIpc) is 2.44. The van der Waals surface area contributed by atoms with Gasteiger partial charge in [-0.15, -0.1) is 0 Å². The van der Waals surface area contributed by atoms with E-state index >= 15 is 0 Å². The van der Waals surface area contributed by atoms with E-state index in [1.165, 1.54) is 0 Å². The minimum atomic E-state index is -4.08. The van der Waals surface area contributed by atoms with Crippen molar-refractivity contribution in [1.29, 1.82) is 0 Å². The topological polar surface area (TPSA) is 40.5 Å². The maximum absolute atomic E-state index is 12.1. The van der Waals surface area contributed by atoms with Crippen molar-refractivity contribution in [3.05, 3.63) is 23.3 Å². The number of benzene rings is 1. The van der Waals surface area contributed by atoms with E-state index < -0.39 is 12.6 Å². The molecule has 0 saturated carbocycles. The summed E-state index contributed by atoms with van der Waals surface area (Å²) < 4.78 is 36.4. The second-order valence-corrected chi connectivity index (χ2v) is 7.16. The molecule has 0 spiro atoms. The quantitative estimate of drug-likeness (QED) is 0.520. The first-order valence-electron chi connectivity index (χ1n) is 8.69. The number of unbranched alkanes of at least 4 members (excludes halogenated alkanes) is 3. The SMILES string of the molecule is CCCCc1c(O)cc(C(C)(C)CCCCCC(F)(F)F)cc1O. The van der Waals surface area contributed by atoms with Crippen LogP contribution in [0, 0.1) is 0 Å². The largest absolute Gasteiger partial charge is 0.508 e. The highest BCUT2D eigenvalue weighted by molar-refractivity contribution is 5.48. The normalized spacial score (nSPS) is 12.6. The lowest BCUT2D eigenvalue weighted by atomic mass is 9.79. The number of phenols is 2. The molecule has 138 valence electrons. The Morgan fingerprint density at radius 3 is 1.92 bits per heavy atom. The van der Waals surface area contributed by atoms with Crippen LogP contribution in [-0.2, 0) is 11.8 Å². The molecule has 2 nitrogen and oxygen atoms in total. The molecule has 2 N–H and O–H groups in total. The molecule has 0 aromatic heterocycles. The lowest BCUT2D eigenvalue weighted by Gasteiger charge is -2.26. The van der Waals surface area contributed by atoms with Crippen LogP contribution in [0.25, 0.3) is 0 Å². The minimum Gasteiger partial charge on any atom is -0.508 e. The van der Waals surface area contributed by atoms with Crippen LogP contribution in [0.3, 0.4) is 0 Å². The van der Waals surface area contributed by atoms with E-state index in [1.807, 2.05) is 20.8 Å². The van der Waals surface area contributed by atoms with E-state index in [1.54, 1.807) is 12.1 Å². The Balaban J connectivity index is 2.66. The van der Waals surface area contributed by atoms with Gasteiger partial charge in [-0.05, 0) is 48.8 Å². The highest BCUT2D eigenvalue weighted by Crippen LogP contribution is 2.38. The summed E-state index contributed by atoms with van der Waals surface area (Å²) in [5.41, 5.74) is 1.08. The fourth-order valence-electron chi connectivity index (χ4n) is 2.86. The molecule has 0 amide bonds. The zero-order valence-electron chi connectivity index (χ0n) is 14.8. The van der Waals surface area contributed by atoms with Crippen LogP contribution in [0.1, 0.15) is 76.8 Å². The molecule has 0 aliphatic carbocycles. The zero-order valence-corrected chi connectivity index (χ0v) is 14.8. The number of alkyl halides is 3. The molecule has 0 unspecified atom stereocenters. The van der Waals surface area contributed by atoms with Gasteiger partial charge in [0.25, 0.3) is 0 Å². The summed E-state index contributed by atoms with van der Waals surface area (Å²) in [5.74, 6) is 0.201. The van der Waals surface area contributed by atoms with E-state index in [9.17, 15) is 23.4 Å². The number of rotatable bonds is 9. The molecule has 0 aliphatic heterocycles. The lowest BCUT2D eigenvalue weighted by molar-refractivity contribution is -0.135. The molecule has 0 atom stereocenters. The van der Waals surface area contributed by atoms with Crippen molar-refractivity contribution < 1.29 is 23.4 Å². The molecule has 1 aromatic carbocycles. The highest BCUT2D eigenvalue weighted by Gasteiger charge is 2.27. The van der Waals surface area contributed by atoms with Gasteiger partial charge < -0.3 is 10.2 Å². The third-order valence-corrected chi connectivity index (χ3v) is 4.53. The smallest absolute Gasteiger partial charge is 0.389 e. The van der Waals surface area contributed by atoms with Gasteiger partial charge in [0.05, 0.1) is 0 Å². The van der Waals surface area contributed by atoms with Crippen LogP contribution < -0.4 is 0 Å². The monoisotopic (exact) mass is 346 g/mol. The van der Waals surface area contributed by atoms with Gasteiger partial charge in [-0.3, -0.25) is 0 Å². The summed E-state index contributed by atoms with van der Waals surface area (Å²) in [6.07, 6.45) is -0.260. The molecule has 1 rings (SSSR count). The first-order valence-corrected chi connectivity index (χ1v) is 8.69. The molecular formula is C19H29F3O2. The maximum atomic E-state index is 12.1. The van der Waals surface area contributed by atoms with Crippen molar-refractivity contribution >= 4 is 0 Å². The van der Waals surface area contributed by atoms with Gasteiger partial charge in [-0.1, -0.05) is 40.0 Å². The summed E-state index contributed by atoms with van der Waals surface area (Å²) in [7, 11) is 0. The van der Waals surface area contributed by atoms with Gasteiger partial charge in [-0.2, -0.15) is 13.2 Å². The van der Waals surface area contributed by atoms with E-state index in [4.69, 9.17) is 0 Å². The molecular weight excluding hydrogens is 317 g/mol. The Bertz CT molecular complexity index is 499. The van der Waals surface area contributed by atoms with Gasteiger partial charge in [-0.25, -0.2) is 0 Å². The van der Waals surface area contributed by atoms with Gasteiger partial charge in [0.1, 0.15) is 11.5 Å². The first-order chi connectivity index (χ1) is 11.1. The summed E-state index contributed by atoms with van der Waals surface area (Å²) in [6, 6.07) is 3.36. The lowest BCUT2D eigenvalue weighted by Crippen LogP contribution is -2.17. The number of hydrogen-bond acceptors (Lipinski definition) is 2. The van der Waals surface area contributed by atoms with Crippen LogP contribution in [0.2, 0.25) is 0 Å². The molecule has 0 radical (unpaired) electrons. The number of phenolic OH excluding ortho intramolecular Hbond substituents is 2. The minimum absolute atomic E-state index is 0.101. The van der Waals surface area contributed by atoms with Crippen LogP contribution in [0.5, 0.6) is 11.5 Å². The molecule has 0 bridgehead atoms. The van der Waals surface area contributed by atoms with E-state index in [0.717, 1.165) is 18.4 Å². The second kappa shape index (κ2) is 8.63. The van der Waals surface area contributed by atoms with Gasteiger partial charge >= 0.3 is 6.18 Å². The Morgan fingerprint density at radius 2 is 1.42 bits per heavy atom. The summed E-state index contributed by atoms with van der Waals surface area (Å²) in [5, 5.41) is 20.4. The Morgan fingerprint density at radius 1 is 0.875 bits per heavy atom. The average molecular weight is 346 g/mol. The maximum Gasteiger partial charge on any atom is 0.389 e. The number of halogens is 3. The molecule has 0 fully saturated rings. The molecule has 5 heteroatoms. The third kappa shape index (κ3) is 6.62. The van der Waals surface area contributed by atoms with Crippen LogP contribution >= 0.6 is 0 Å². The fraction of sp³-hybridized carbons (Fsp3) is 0.684. The first kappa shape index (κ1) is 20.7. The Kier molecular flexibility index (Phi) is 7.43. The molecule has 0 saturated heterocycles. The predicted molar refractivity (Wildman–Crippen MR) is 90.5 cm³/mol. The fourth-order valence-corrected chi connectivity index (χ4v) is 2.86. The van der Waals surface area contributed by atoms with Crippen molar-refractivity contribution in [1.82, 2.24) is 0 Å². The Hall–Kier alpha value is -1.39. The number of aromatic hydroxyl groups is 2. The van der Waals surface area contributed by atoms with E-state index in [0.29, 0.717) is 31.2 Å². The molecule has 0 heterocycles. The highest BCUT2D eigenvalue weighted by atomic mass is 19.4. The van der Waals surface area contributed by atoms with Crippen LogP contribution in [0.4, 0.5) is 13.2 Å². The Labute approximate surface area is 142 Å². The van der Waals surface area contributed by atoms with Gasteiger partial charge in [0, 0.05) is 12.0 Å². The number of hydrogen-bond donors (Lipinski definition) is 2. The van der Waals surface area contributed by atoms with Gasteiger partial charge in [0.15, 0.2) is 0 Å². The van der Waals surface area contributed by atoms with E-state index in [2.05, 4.69) is 0 Å². The molecule has 0 aliphatic rings. The zero-order chi connectivity index (χ0) is 18.4. The van der Waals surface area contributed by atoms with Crippen molar-refractivity contribution in [2.45, 2.75) is 83.7 Å². The standard InChI is InChI=1S/C19H29F3O2/c1-4-5-9-15-16(23)12-14(13-17(15)24)18(2,3)10-7-6-8-11-19(20,21)22/h12-13,23-24H,4-11H2,1-3H3. The predicted octanol–water partition coefficient (Wildman–Crippen LogP) is 6.23. The molecule has 1 aromatic rings.